The van der Waals surface area contributed by atoms with Crippen molar-refractivity contribution >= 4 is 22.6 Å². The summed E-state index contributed by atoms with van der Waals surface area (Å²) in [4.78, 5) is 0. The average molecular weight is 293 g/mol. The zero-order valence-corrected chi connectivity index (χ0v) is 11.0. The Labute approximate surface area is 93.2 Å². The maximum Gasteiger partial charge on any atom is 0.146 e. The molecule has 0 saturated carbocycles. The molecule has 0 aliphatic heterocycles. The lowest BCUT2D eigenvalue weighted by Crippen LogP contribution is -2.17. The number of alkyl halides is 1. The van der Waals surface area contributed by atoms with E-state index >= 15 is 0 Å². The van der Waals surface area contributed by atoms with Crippen LogP contribution in [0.15, 0.2) is 10.7 Å². The van der Waals surface area contributed by atoms with E-state index in [1.54, 1.807) is 0 Å². The number of hydrogen-bond acceptors (Lipinski definition) is 2. The summed E-state index contributed by atoms with van der Waals surface area (Å²) in [5.41, 5.74) is 1.23. The predicted molar refractivity (Wildman–Crippen MR) is 62.2 cm³/mol. The summed E-state index contributed by atoms with van der Waals surface area (Å²) in [6, 6.07) is 0. The maximum absolute atomic E-state index is 5.30. The third-order valence-corrected chi connectivity index (χ3v) is 2.47. The lowest BCUT2D eigenvalue weighted by Gasteiger charge is -2.21. The maximum atomic E-state index is 5.30. The van der Waals surface area contributed by atoms with Crippen molar-refractivity contribution in [2.75, 3.05) is 0 Å². The molecule has 13 heavy (non-hydrogen) atoms. The summed E-state index contributed by atoms with van der Waals surface area (Å²) in [5.74, 6) is 0.993. The van der Waals surface area contributed by atoms with Gasteiger partial charge in [-0.3, -0.25) is 0 Å². The summed E-state index contributed by atoms with van der Waals surface area (Å²) >= 11 is 2.40. The van der Waals surface area contributed by atoms with Crippen LogP contribution in [0.2, 0.25) is 0 Å². The Hall–Kier alpha value is -0.0600. The van der Waals surface area contributed by atoms with E-state index in [-0.39, 0.29) is 8.84 Å². The molecule has 1 rings (SSSR count). The van der Waals surface area contributed by atoms with Gasteiger partial charge in [-0.2, -0.15) is 0 Å². The van der Waals surface area contributed by atoms with Gasteiger partial charge < -0.3 is 4.52 Å². The van der Waals surface area contributed by atoms with E-state index in [1.807, 2.05) is 6.20 Å². The lowest BCUT2D eigenvalue weighted by atomic mass is 9.87. The quantitative estimate of drug-likeness (QED) is 0.583. The van der Waals surface area contributed by atoms with Crippen molar-refractivity contribution in [2.45, 2.75) is 43.5 Å². The molecule has 0 aliphatic rings. The zero-order chi connectivity index (χ0) is 10.3. The van der Waals surface area contributed by atoms with E-state index in [9.17, 15) is 0 Å². The Morgan fingerprint density at radius 2 is 1.77 bits per heavy atom. The molecule has 0 aromatic carbocycles. The van der Waals surface area contributed by atoms with Crippen LogP contribution in [-0.4, -0.2) is 5.16 Å². The van der Waals surface area contributed by atoms with Crippen molar-refractivity contribution in [3.05, 3.63) is 17.5 Å². The first-order valence-electron chi connectivity index (χ1n) is 4.37. The Balaban J connectivity index is 3.19. The largest absolute Gasteiger partial charge is 0.361 e. The van der Waals surface area contributed by atoms with Crippen LogP contribution in [0, 0.1) is 0 Å². The summed E-state index contributed by atoms with van der Waals surface area (Å²) in [6.07, 6.45) is 1.83. The fraction of sp³-hybridized carbons (Fsp3) is 0.700. The summed E-state index contributed by atoms with van der Waals surface area (Å²) in [5, 5.41) is 3.88. The minimum absolute atomic E-state index is 0.0360. The molecule has 0 spiro atoms. The van der Waals surface area contributed by atoms with Gasteiger partial charge in [-0.1, -0.05) is 48.5 Å². The minimum Gasteiger partial charge on any atom is -0.361 e. The molecule has 0 bridgehead atoms. The van der Waals surface area contributed by atoms with Crippen molar-refractivity contribution in [3.63, 3.8) is 0 Å². The molecule has 0 atom stereocenters. The third kappa shape index (κ3) is 2.45. The first kappa shape index (κ1) is 11.0. The fourth-order valence-electron chi connectivity index (χ4n) is 1.20. The molecule has 0 N–H and O–H groups in total. The number of halogens is 1. The molecule has 0 unspecified atom stereocenters. The van der Waals surface area contributed by atoms with Crippen LogP contribution in [0.5, 0.6) is 0 Å². The Morgan fingerprint density at radius 3 is 2.08 bits per heavy atom. The number of hydrogen-bond donors (Lipinski definition) is 0. The molecular formula is C10H16INO. The molecule has 1 aromatic rings. The average Bonchev–Trinajstić information content (AvgIpc) is 2.27. The summed E-state index contributed by atoms with van der Waals surface area (Å²) < 4.78 is 5.38. The van der Waals surface area contributed by atoms with Crippen LogP contribution in [-0.2, 0) is 8.84 Å². The number of rotatable bonds is 1. The van der Waals surface area contributed by atoms with Gasteiger partial charge in [0.25, 0.3) is 0 Å². The lowest BCUT2D eigenvalue weighted by molar-refractivity contribution is 0.325. The topological polar surface area (TPSA) is 26.0 Å². The monoisotopic (exact) mass is 293 g/mol. The van der Waals surface area contributed by atoms with E-state index in [0.717, 1.165) is 5.76 Å². The van der Waals surface area contributed by atoms with Gasteiger partial charge in [0.05, 0.1) is 6.20 Å². The Kier molecular flexibility index (Phi) is 2.76. The van der Waals surface area contributed by atoms with Crippen LogP contribution in [0.4, 0.5) is 0 Å². The van der Waals surface area contributed by atoms with Gasteiger partial charge in [-0.25, -0.2) is 0 Å². The van der Waals surface area contributed by atoms with Gasteiger partial charge >= 0.3 is 0 Å². The van der Waals surface area contributed by atoms with Gasteiger partial charge in [0, 0.05) is 14.4 Å². The second kappa shape index (κ2) is 3.26. The third-order valence-electron chi connectivity index (χ3n) is 1.89. The Morgan fingerprint density at radius 1 is 1.23 bits per heavy atom. The predicted octanol–water partition coefficient (Wildman–Crippen LogP) is 3.64. The van der Waals surface area contributed by atoms with Crippen molar-refractivity contribution < 1.29 is 4.52 Å². The number of aromatic nitrogens is 1. The second-order valence-corrected chi connectivity index (χ2v) is 7.49. The van der Waals surface area contributed by atoms with Gasteiger partial charge in [-0.15, -0.1) is 0 Å². The van der Waals surface area contributed by atoms with Crippen molar-refractivity contribution in [2.24, 2.45) is 0 Å². The molecule has 74 valence electrons. The summed E-state index contributed by atoms with van der Waals surface area (Å²) in [7, 11) is 0. The smallest absolute Gasteiger partial charge is 0.146 e. The van der Waals surface area contributed by atoms with E-state index in [2.05, 4.69) is 62.4 Å². The van der Waals surface area contributed by atoms with Crippen LogP contribution in [0.3, 0.4) is 0 Å². The van der Waals surface area contributed by atoms with Gasteiger partial charge in [0.15, 0.2) is 0 Å². The molecule has 1 aromatic heterocycles. The molecule has 0 saturated heterocycles. The standard InChI is InChI=1S/C10H16INO/c1-9(2,3)8-7(6-12-13-8)10(4,5)11/h6H,1-5H3. The molecule has 0 fully saturated rings. The van der Waals surface area contributed by atoms with E-state index in [4.69, 9.17) is 4.52 Å². The highest BCUT2D eigenvalue weighted by Crippen LogP contribution is 2.37. The zero-order valence-electron chi connectivity index (χ0n) is 8.81. The van der Waals surface area contributed by atoms with Crippen LogP contribution < -0.4 is 0 Å². The van der Waals surface area contributed by atoms with Crippen LogP contribution in [0.1, 0.15) is 45.9 Å². The molecule has 1 heterocycles. The molecular weight excluding hydrogens is 277 g/mol. The van der Waals surface area contributed by atoms with Crippen molar-refractivity contribution in [1.29, 1.82) is 0 Å². The Bertz CT molecular complexity index is 262. The second-order valence-electron chi connectivity index (χ2n) is 4.79. The highest BCUT2D eigenvalue weighted by atomic mass is 127. The van der Waals surface area contributed by atoms with Crippen LogP contribution >= 0.6 is 22.6 Å². The van der Waals surface area contributed by atoms with E-state index in [1.165, 1.54) is 5.56 Å². The fourth-order valence-corrected chi connectivity index (χ4v) is 1.59. The van der Waals surface area contributed by atoms with Crippen LogP contribution in [0.25, 0.3) is 0 Å². The van der Waals surface area contributed by atoms with Gasteiger partial charge in [0.2, 0.25) is 0 Å². The highest BCUT2D eigenvalue weighted by molar-refractivity contribution is 14.1. The number of nitrogens with zero attached hydrogens (tertiary/aromatic N) is 1. The molecule has 0 radical (unpaired) electrons. The minimum atomic E-state index is 0.0360. The van der Waals surface area contributed by atoms with E-state index < -0.39 is 0 Å². The van der Waals surface area contributed by atoms with Crippen molar-refractivity contribution in [3.8, 4) is 0 Å². The van der Waals surface area contributed by atoms with E-state index in [0.29, 0.717) is 0 Å². The molecule has 0 amide bonds. The summed E-state index contributed by atoms with van der Waals surface area (Å²) in [6.45, 7) is 10.7. The first-order chi connectivity index (χ1) is 5.73. The highest BCUT2D eigenvalue weighted by Gasteiger charge is 2.30. The first-order valence-corrected chi connectivity index (χ1v) is 5.45. The molecule has 2 nitrogen and oxygen atoms in total. The van der Waals surface area contributed by atoms with Gasteiger partial charge in [-0.05, 0) is 13.8 Å². The molecule has 3 heteroatoms. The molecule has 0 aliphatic carbocycles. The SMILES string of the molecule is CC(C)(C)c1oncc1C(C)(C)I. The normalized spacial score (nSPS) is 13.4. The van der Waals surface area contributed by atoms with Crippen molar-refractivity contribution in [1.82, 2.24) is 5.16 Å². The van der Waals surface area contributed by atoms with Gasteiger partial charge in [0.1, 0.15) is 5.76 Å².